The maximum Gasteiger partial charge on any atom is 0.321 e. The Labute approximate surface area is 76.4 Å². The predicted octanol–water partition coefficient (Wildman–Crippen LogP) is -0.0330. The number of likely N-dealkylation sites (N-methyl/N-ethyl adjacent to an activating group) is 1. The Bertz CT molecular complexity index is 269. The van der Waals surface area contributed by atoms with Crippen molar-refractivity contribution in [2.75, 3.05) is 14.1 Å². The van der Waals surface area contributed by atoms with Gasteiger partial charge in [0.1, 0.15) is 6.04 Å². The van der Waals surface area contributed by atoms with Gasteiger partial charge in [0.15, 0.2) is 0 Å². The average Bonchev–Trinajstić information content (AvgIpc) is 2.50. The quantitative estimate of drug-likeness (QED) is 0.687. The first-order chi connectivity index (χ1) is 6.11. The zero-order chi connectivity index (χ0) is 9.84. The van der Waals surface area contributed by atoms with Crippen molar-refractivity contribution in [1.82, 2.24) is 14.9 Å². The van der Waals surface area contributed by atoms with Crippen LogP contribution in [0.15, 0.2) is 12.5 Å². The molecule has 1 atom stereocenters. The van der Waals surface area contributed by atoms with E-state index in [0.29, 0.717) is 6.42 Å². The fourth-order valence-corrected chi connectivity index (χ4v) is 1.09. The van der Waals surface area contributed by atoms with E-state index in [2.05, 4.69) is 9.97 Å². The number of carboxylic acids is 1. The SMILES string of the molecule is CN(C)C(Cc1c[nH]cn1)C(=O)O. The molecule has 0 radical (unpaired) electrons. The second-order valence-electron chi connectivity index (χ2n) is 3.08. The number of aromatic amines is 1. The van der Waals surface area contributed by atoms with Gasteiger partial charge in [0, 0.05) is 12.6 Å². The minimum absolute atomic E-state index is 0.422. The van der Waals surface area contributed by atoms with Gasteiger partial charge >= 0.3 is 5.97 Å². The van der Waals surface area contributed by atoms with Gasteiger partial charge in [-0.15, -0.1) is 0 Å². The number of carbonyl (C=O) groups is 1. The second kappa shape index (κ2) is 4.04. The smallest absolute Gasteiger partial charge is 0.321 e. The largest absolute Gasteiger partial charge is 0.480 e. The molecule has 1 unspecified atom stereocenters. The average molecular weight is 183 g/mol. The number of hydrogen-bond acceptors (Lipinski definition) is 3. The van der Waals surface area contributed by atoms with E-state index in [-0.39, 0.29) is 0 Å². The second-order valence-corrected chi connectivity index (χ2v) is 3.08. The van der Waals surface area contributed by atoms with Crippen molar-refractivity contribution >= 4 is 5.97 Å². The van der Waals surface area contributed by atoms with Gasteiger partial charge in [-0.3, -0.25) is 9.69 Å². The topological polar surface area (TPSA) is 69.2 Å². The minimum atomic E-state index is -0.826. The molecule has 2 N–H and O–H groups in total. The highest BCUT2D eigenvalue weighted by atomic mass is 16.4. The van der Waals surface area contributed by atoms with Gasteiger partial charge in [-0.05, 0) is 14.1 Å². The number of nitrogens with one attached hydrogen (secondary N) is 1. The summed E-state index contributed by atoms with van der Waals surface area (Å²) in [5.74, 6) is -0.826. The third kappa shape index (κ3) is 2.55. The molecule has 0 saturated heterocycles. The molecular formula is C8H13N3O2. The fourth-order valence-electron chi connectivity index (χ4n) is 1.09. The number of H-pyrrole nitrogens is 1. The van der Waals surface area contributed by atoms with Crippen LogP contribution >= 0.6 is 0 Å². The van der Waals surface area contributed by atoms with Crippen LogP contribution in [0.5, 0.6) is 0 Å². The molecule has 5 heteroatoms. The number of aliphatic carboxylic acids is 1. The standard InChI is InChI=1S/C8H13N3O2/c1-11(2)7(8(12)13)3-6-4-9-5-10-6/h4-5,7H,3H2,1-2H3,(H,9,10)(H,12,13). The van der Waals surface area contributed by atoms with Crippen molar-refractivity contribution in [2.24, 2.45) is 0 Å². The number of aromatic nitrogens is 2. The van der Waals surface area contributed by atoms with Gasteiger partial charge in [0.2, 0.25) is 0 Å². The van der Waals surface area contributed by atoms with Crippen LogP contribution < -0.4 is 0 Å². The molecule has 0 fully saturated rings. The van der Waals surface area contributed by atoms with E-state index in [1.165, 1.54) is 0 Å². The third-order valence-electron chi connectivity index (χ3n) is 1.87. The Kier molecular flexibility index (Phi) is 3.02. The number of imidazole rings is 1. The van der Waals surface area contributed by atoms with E-state index in [1.54, 1.807) is 31.5 Å². The van der Waals surface area contributed by atoms with Crippen LogP contribution in [0.1, 0.15) is 5.69 Å². The fraction of sp³-hybridized carbons (Fsp3) is 0.500. The van der Waals surface area contributed by atoms with Gasteiger partial charge in [0.05, 0.1) is 12.0 Å². The maximum absolute atomic E-state index is 10.8. The van der Waals surface area contributed by atoms with Crippen LogP contribution in [0, 0.1) is 0 Å². The summed E-state index contributed by atoms with van der Waals surface area (Å²) >= 11 is 0. The van der Waals surface area contributed by atoms with Gasteiger partial charge in [-0.2, -0.15) is 0 Å². The summed E-state index contributed by atoms with van der Waals surface area (Å²) < 4.78 is 0. The van der Waals surface area contributed by atoms with E-state index in [4.69, 9.17) is 5.11 Å². The van der Waals surface area contributed by atoms with Crippen LogP contribution in [0.3, 0.4) is 0 Å². The molecule has 1 rings (SSSR count). The van der Waals surface area contributed by atoms with Crippen molar-refractivity contribution in [1.29, 1.82) is 0 Å². The third-order valence-corrected chi connectivity index (χ3v) is 1.87. The summed E-state index contributed by atoms with van der Waals surface area (Å²) in [5, 5.41) is 8.86. The summed E-state index contributed by atoms with van der Waals surface area (Å²) in [6.07, 6.45) is 3.68. The van der Waals surface area contributed by atoms with E-state index in [9.17, 15) is 4.79 Å². The van der Waals surface area contributed by atoms with Crippen LogP contribution in [-0.2, 0) is 11.2 Å². The van der Waals surface area contributed by atoms with Crippen molar-refractivity contribution in [3.63, 3.8) is 0 Å². The molecule has 0 aliphatic rings. The number of carboxylic acid groups (broad SMARTS) is 1. The van der Waals surface area contributed by atoms with Crippen LogP contribution in [0.2, 0.25) is 0 Å². The molecule has 0 spiro atoms. The molecule has 1 aromatic rings. The molecule has 0 bridgehead atoms. The summed E-state index contributed by atoms with van der Waals surface area (Å²) in [6, 6.07) is -0.511. The first kappa shape index (κ1) is 9.73. The lowest BCUT2D eigenvalue weighted by molar-refractivity contribution is -0.142. The van der Waals surface area contributed by atoms with Crippen LogP contribution in [0.25, 0.3) is 0 Å². The molecule has 0 aliphatic heterocycles. The highest BCUT2D eigenvalue weighted by Crippen LogP contribution is 2.03. The molecule has 0 saturated carbocycles. The Morgan fingerprint density at radius 3 is 2.85 bits per heavy atom. The van der Waals surface area contributed by atoms with Crippen molar-refractivity contribution < 1.29 is 9.90 Å². The maximum atomic E-state index is 10.8. The summed E-state index contributed by atoms with van der Waals surface area (Å²) in [4.78, 5) is 19.2. The van der Waals surface area contributed by atoms with E-state index >= 15 is 0 Å². The summed E-state index contributed by atoms with van der Waals surface area (Å²) in [5.41, 5.74) is 0.765. The minimum Gasteiger partial charge on any atom is -0.480 e. The van der Waals surface area contributed by atoms with E-state index in [1.807, 2.05) is 0 Å². The lowest BCUT2D eigenvalue weighted by Gasteiger charge is -2.18. The summed E-state index contributed by atoms with van der Waals surface area (Å²) in [6.45, 7) is 0. The molecule has 0 aromatic carbocycles. The highest BCUT2D eigenvalue weighted by molar-refractivity contribution is 5.73. The molecule has 1 aromatic heterocycles. The normalized spacial score (nSPS) is 13.2. The predicted molar refractivity (Wildman–Crippen MR) is 47.4 cm³/mol. The molecular weight excluding hydrogens is 170 g/mol. The van der Waals surface area contributed by atoms with Gasteiger partial charge in [0.25, 0.3) is 0 Å². The molecule has 5 nitrogen and oxygen atoms in total. The molecule has 0 aliphatic carbocycles. The zero-order valence-corrected chi connectivity index (χ0v) is 7.69. The Balaban J connectivity index is 2.63. The Hall–Kier alpha value is -1.36. The van der Waals surface area contributed by atoms with Crippen molar-refractivity contribution in [3.05, 3.63) is 18.2 Å². The Morgan fingerprint density at radius 1 is 1.77 bits per heavy atom. The highest BCUT2D eigenvalue weighted by Gasteiger charge is 2.20. The molecule has 1 heterocycles. The van der Waals surface area contributed by atoms with Crippen LogP contribution in [-0.4, -0.2) is 46.1 Å². The van der Waals surface area contributed by atoms with E-state index < -0.39 is 12.0 Å². The van der Waals surface area contributed by atoms with Crippen molar-refractivity contribution in [2.45, 2.75) is 12.5 Å². The first-order valence-electron chi connectivity index (χ1n) is 3.98. The Morgan fingerprint density at radius 2 is 2.46 bits per heavy atom. The molecule has 72 valence electrons. The first-order valence-corrected chi connectivity index (χ1v) is 3.98. The summed E-state index contributed by atoms with van der Waals surface area (Å²) in [7, 11) is 3.48. The number of hydrogen-bond donors (Lipinski definition) is 2. The number of rotatable bonds is 4. The zero-order valence-electron chi connectivity index (χ0n) is 7.69. The van der Waals surface area contributed by atoms with Gasteiger partial charge in [-0.25, -0.2) is 4.98 Å². The van der Waals surface area contributed by atoms with E-state index in [0.717, 1.165) is 5.69 Å². The number of nitrogens with zero attached hydrogens (tertiary/aromatic N) is 2. The van der Waals surface area contributed by atoms with Crippen LogP contribution in [0.4, 0.5) is 0 Å². The van der Waals surface area contributed by atoms with Crippen molar-refractivity contribution in [3.8, 4) is 0 Å². The lowest BCUT2D eigenvalue weighted by atomic mass is 10.1. The van der Waals surface area contributed by atoms with Gasteiger partial charge < -0.3 is 10.1 Å². The molecule has 13 heavy (non-hydrogen) atoms. The monoisotopic (exact) mass is 183 g/mol. The lowest BCUT2D eigenvalue weighted by Crippen LogP contribution is -2.37. The molecule has 0 amide bonds. The van der Waals surface area contributed by atoms with Gasteiger partial charge in [-0.1, -0.05) is 0 Å².